The zero-order chi connectivity index (χ0) is 12.2. The van der Waals surface area contributed by atoms with Crippen LogP contribution >= 0.6 is 0 Å². The molecule has 0 aliphatic rings. The van der Waals surface area contributed by atoms with Crippen molar-refractivity contribution in [2.24, 2.45) is 5.84 Å². The van der Waals surface area contributed by atoms with E-state index < -0.39 is 5.60 Å². The maximum Gasteiger partial charge on any atom is 0.162 e. The van der Waals surface area contributed by atoms with E-state index in [2.05, 4.69) is 15.4 Å². The summed E-state index contributed by atoms with van der Waals surface area (Å²) < 4.78 is 5.62. The maximum atomic E-state index is 5.62. The largest absolute Gasteiger partial charge is 0.368 e. The summed E-state index contributed by atoms with van der Waals surface area (Å²) >= 11 is 0. The molecule has 90 valence electrons. The van der Waals surface area contributed by atoms with Crippen LogP contribution in [0.3, 0.4) is 0 Å². The number of ether oxygens (including phenoxy) is 1. The molecule has 1 heterocycles. The molecule has 0 spiro atoms. The number of nitrogens with two attached hydrogens (primary N) is 1. The van der Waals surface area contributed by atoms with Crippen LogP contribution in [0.4, 0.5) is 5.82 Å². The van der Waals surface area contributed by atoms with Crippen molar-refractivity contribution in [3.8, 4) is 0 Å². The first kappa shape index (κ1) is 12.9. The lowest BCUT2D eigenvalue weighted by Gasteiger charge is -2.23. The van der Waals surface area contributed by atoms with Gasteiger partial charge >= 0.3 is 0 Å². The fourth-order valence-corrected chi connectivity index (χ4v) is 1.45. The molecule has 0 aliphatic heterocycles. The Bertz CT molecular complexity index is 330. The molecule has 5 heteroatoms. The highest BCUT2D eigenvalue weighted by atomic mass is 16.5. The topological polar surface area (TPSA) is 73.1 Å². The van der Waals surface area contributed by atoms with Crippen LogP contribution in [-0.4, -0.2) is 16.6 Å². The van der Waals surface area contributed by atoms with E-state index in [1.807, 2.05) is 33.8 Å². The van der Waals surface area contributed by atoms with Gasteiger partial charge in [0.2, 0.25) is 0 Å². The minimum Gasteiger partial charge on any atom is -0.368 e. The van der Waals surface area contributed by atoms with Crippen LogP contribution in [0.5, 0.6) is 0 Å². The standard InChI is InChI=1S/C11H20N4O/c1-5-8-7-9(15-12)14-10(13-8)11(3,4)16-6-2/h7H,5-6,12H2,1-4H3,(H,13,14,15). The van der Waals surface area contributed by atoms with E-state index in [-0.39, 0.29) is 0 Å². The minimum atomic E-state index is -0.495. The number of nitrogens with one attached hydrogen (secondary N) is 1. The third-order valence-corrected chi connectivity index (χ3v) is 2.33. The lowest BCUT2D eigenvalue weighted by atomic mass is 10.1. The molecular weight excluding hydrogens is 204 g/mol. The number of rotatable bonds is 5. The molecule has 0 aromatic carbocycles. The van der Waals surface area contributed by atoms with E-state index in [4.69, 9.17) is 10.6 Å². The summed E-state index contributed by atoms with van der Waals surface area (Å²) in [6.07, 6.45) is 0.840. The molecule has 0 fully saturated rings. The molecule has 3 N–H and O–H groups in total. The predicted molar refractivity (Wildman–Crippen MR) is 63.9 cm³/mol. The SMILES string of the molecule is CCOC(C)(C)c1nc(CC)cc(NN)n1. The molecule has 0 radical (unpaired) electrons. The van der Waals surface area contributed by atoms with Gasteiger partial charge in [0.1, 0.15) is 11.4 Å². The summed E-state index contributed by atoms with van der Waals surface area (Å²) in [6, 6.07) is 1.84. The van der Waals surface area contributed by atoms with Crippen molar-refractivity contribution in [3.05, 3.63) is 17.6 Å². The molecule has 1 aromatic rings. The quantitative estimate of drug-likeness (QED) is 0.587. The molecule has 0 unspecified atom stereocenters. The van der Waals surface area contributed by atoms with Gasteiger partial charge in [-0.05, 0) is 27.2 Å². The van der Waals surface area contributed by atoms with Crippen molar-refractivity contribution in [2.75, 3.05) is 12.0 Å². The van der Waals surface area contributed by atoms with Gasteiger partial charge in [0.15, 0.2) is 5.82 Å². The fourth-order valence-electron chi connectivity index (χ4n) is 1.45. The third kappa shape index (κ3) is 2.90. The summed E-state index contributed by atoms with van der Waals surface area (Å²) in [4.78, 5) is 8.78. The Morgan fingerprint density at radius 3 is 2.56 bits per heavy atom. The van der Waals surface area contributed by atoms with Crippen LogP contribution in [0.15, 0.2) is 6.07 Å². The molecule has 1 rings (SSSR count). The van der Waals surface area contributed by atoms with Gasteiger partial charge in [-0.25, -0.2) is 15.8 Å². The zero-order valence-electron chi connectivity index (χ0n) is 10.4. The highest BCUT2D eigenvalue weighted by Gasteiger charge is 2.25. The van der Waals surface area contributed by atoms with Crippen molar-refractivity contribution in [1.82, 2.24) is 9.97 Å². The zero-order valence-corrected chi connectivity index (χ0v) is 10.4. The van der Waals surface area contributed by atoms with Gasteiger partial charge in [-0.3, -0.25) is 0 Å². The van der Waals surface area contributed by atoms with E-state index in [1.54, 1.807) is 0 Å². The number of aryl methyl sites for hydroxylation is 1. The molecule has 0 bridgehead atoms. The van der Waals surface area contributed by atoms with Crippen molar-refractivity contribution >= 4 is 5.82 Å². The number of nitrogen functional groups attached to an aromatic ring is 1. The average Bonchev–Trinajstić information content (AvgIpc) is 2.28. The second kappa shape index (κ2) is 5.23. The normalized spacial score (nSPS) is 11.6. The Morgan fingerprint density at radius 1 is 1.38 bits per heavy atom. The van der Waals surface area contributed by atoms with Crippen LogP contribution in [0.1, 0.15) is 39.2 Å². The van der Waals surface area contributed by atoms with E-state index in [1.165, 1.54) is 0 Å². The van der Waals surface area contributed by atoms with Crippen LogP contribution in [0, 0.1) is 0 Å². The molecule has 0 aliphatic carbocycles. The lowest BCUT2D eigenvalue weighted by molar-refractivity contribution is -0.0208. The van der Waals surface area contributed by atoms with E-state index in [0.29, 0.717) is 18.2 Å². The molecule has 16 heavy (non-hydrogen) atoms. The smallest absolute Gasteiger partial charge is 0.162 e. The van der Waals surface area contributed by atoms with Crippen LogP contribution in [-0.2, 0) is 16.8 Å². The number of anilines is 1. The Hall–Kier alpha value is -1.20. The number of hydrogen-bond acceptors (Lipinski definition) is 5. The monoisotopic (exact) mass is 224 g/mol. The average molecular weight is 224 g/mol. The number of hydrazine groups is 1. The molecule has 0 saturated heterocycles. The van der Waals surface area contributed by atoms with Gasteiger partial charge in [-0.15, -0.1) is 0 Å². The van der Waals surface area contributed by atoms with Crippen molar-refractivity contribution in [2.45, 2.75) is 39.7 Å². The molecule has 0 atom stereocenters. The Labute approximate surface area is 96.4 Å². The summed E-state index contributed by atoms with van der Waals surface area (Å²) in [7, 11) is 0. The lowest BCUT2D eigenvalue weighted by Crippen LogP contribution is -2.26. The highest BCUT2D eigenvalue weighted by molar-refractivity contribution is 5.35. The maximum absolute atomic E-state index is 5.62. The van der Waals surface area contributed by atoms with Crippen molar-refractivity contribution in [3.63, 3.8) is 0 Å². The Morgan fingerprint density at radius 2 is 2.06 bits per heavy atom. The van der Waals surface area contributed by atoms with Gasteiger partial charge in [0.25, 0.3) is 0 Å². The first-order valence-corrected chi connectivity index (χ1v) is 5.52. The van der Waals surface area contributed by atoms with Crippen molar-refractivity contribution < 1.29 is 4.74 Å². The van der Waals surface area contributed by atoms with Crippen LogP contribution in [0.2, 0.25) is 0 Å². The third-order valence-electron chi connectivity index (χ3n) is 2.33. The minimum absolute atomic E-state index is 0.495. The molecule has 5 nitrogen and oxygen atoms in total. The number of hydrogen-bond donors (Lipinski definition) is 2. The molecule has 1 aromatic heterocycles. The second-order valence-corrected chi connectivity index (χ2v) is 4.01. The molecule has 0 amide bonds. The highest BCUT2D eigenvalue weighted by Crippen LogP contribution is 2.22. The van der Waals surface area contributed by atoms with Crippen LogP contribution in [0.25, 0.3) is 0 Å². The Kier molecular flexibility index (Phi) is 4.20. The summed E-state index contributed by atoms with van der Waals surface area (Å²) in [5.74, 6) is 6.65. The number of nitrogens with zero attached hydrogens (tertiary/aromatic N) is 2. The fraction of sp³-hybridized carbons (Fsp3) is 0.636. The van der Waals surface area contributed by atoms with Gasteiger partial charge < -0.3 is 10.2 Å². The van der Waals surface area contributed by atoms with Crippen LogP contribution < -0.4 is 11.3 Å². The van der Waals surface area contributed by atoms with Gasteiger partial charge in [-0.2, -0.15) is 0 Å². The second-order valence-electron chi connectivity index (χ2n) is 4.01. The van der Waals surface area contributed by atoms with E-state index in [0.717, 1.165) is 12.1 Å². The summed E-state index contributed by atoms with van der Waals surface area (Å²) in [5, 5.41) is 0. The van der Waals surface area contributed by atoms with Gasteiger partial charge in [-0.1, -0.05) is 6.92 Å². The van der Waals surface area contributed by atoms with E-state index >= 15 is 0 Å². The molecule has 0 saturated carbocycles. The van der Waals surface area contributed by atoms with Gasteiger partial charge in [0.05, 0.1) is 0 Å². The first-order chi connectivity index (χ1) is 7.53. The summed E-state index contributed by atoms with van der Waals surface area (Å²) in [5.41, 5.74) is 3.00. The number of aromatic nitrogens is 2. The van der Waals surface area contributed by atoms with Gasteiger partial charge in [0, 0.05) is 18.4 Å². The Balaban J connectivity index is 3.11. The summed E-state index contributed by atoms with van der Waals surface area (Å²) in [6.45, 7) is 8.52. The van der Waals surface area contributed by atoms with Crippen molar-refractivity contribution in [1.29, 1.82) is 0 Å². The molecular formula is C11H20N4O. The predicted octanol–water partition coefficient (Wildman–Crippen LogP) is 1.60. The van der Waals surface area contributed by atoms with E-state index in [9.17, 15) is 0 Å². The first-order valence-electron chi connectivity index (χ1n) is 5.52.